The molecule has 1 heterocycles. The molecule has 2 aromatic carbocycles. The number of carbonyl (C=O) groups is 2. The van der Waals surface area contributed by atoms with Gasteiger partial charge < -0.3 is 14.7 Å². The highest BCUT2D eigenvalue weighted by molar-refractivity contribution is 7.09. The third-order valence-electron chi connectivity index (χ3n) is 6.37. The largest absolute Gasteiger partial charge is 0.494 e. The SMILES string of the molecule is COC(=O)CCCCCCCCC(=O)N(C)Cc1cccc(-c2ccc(Cc3sc(=O)[nH]c3O)cc2)c1. The smallest absolute Gasteiger partial charge is 0.307 e. The van der Waals surface area contributed by atoms with Crippen molar-refractivity contribution in [2.24, 2.45) is 0 Å². The summed E-state index contributed by atoms with van der Waals surface area (Å²) in [5.41, 5.74) is 4.23. The lowest BCUT2D eigenvalue weighted by Crippen LogP contribution is -2.25. The van der Waals surface area contributed by atoms with Crippen molar-refractivity contribution in [2.75, 3.05) is 14.2 Å². The zero-order valence-electron chi connectivity index (χ0n) is 21.6. The molecule has 0 atom stereocenters. The Morgan fingerprint density at radius 2 is 1.59 bits per heavy atom. The molecule has 0 saturated carbocycles. The van der Waals surface area contributed by atoms with Gasteiger partial charge in [-0.2, -0.15) is 0 Å². The molecule has 0 aliphatic rings. The molecule has 3 rings (SSSR count). The number of esters is 1. The number of aromatic hydroxyl groups is 1. The van der Waals surface area contributed by atoms with E-state index in [4.69, 9.17) is 0 Å². The van der Waals surface area contributed by atoms with Crippen LogP contribution < -0.4 is 4.87 Å². The molecule has 0 spiro atoms. The number of amides is 1. The first-order valence-corrected chi connectivity index (χ1v) is 13.6. The predicted molar refractivity (Wildman–Crippen MR) is 147 cm³/mol. The molecular formula is C29H36N2O5S. The van der Waals surface area contributed by atoms with Crippen molar-refractivity contribution in [3.05, 3.63) is 74.2 Å². The van der Waals surface area contributed by atoms with E-state index in [2.05, 4.69) is 21.9 Å². The van der Waals surface area contributed by atoms with Gasteiger partial charge in [-0.15, -0.1) is 0 Å². The van der Waals surface area contributed by atoms with Crippen molar-refractivity contribution < 1.29 is 19.4 Å². The number of aromatic amines is 1. The maximum Gasteiger partial charge on any atom is 0.307 e. The molecule has 0 aliphatic carbocycles. The van der Waals surface area contributed by atoms with E-state index in [1.807, 2.05) is 43.4 Å². The number of ether oxygens (including phenoxy) is 1. The number of aromatic nitrogens is 1. The molecule has 0 bridgehead atoms. The Labute approximate surface area is 222 Å². The number of carbonyl (C=O) groups excluding carboxylic acids is 2. The molecular weight excluding hydrogens is 488 g/mol. The molecule has 0 aliphatic heterocycles. The average molecular weight is 525 g/mol. The first-order valence-electron chi connectivity index (χ1n) is 12.8. The number of nitrogens with zero attached hydrogens (tertiary/aromatic N) is 1. The number of unbranched alkanes of at least 4 members (excludes halogenated alkanes) is 5. The van der Waals surface area contributed by atoms with Gasteiger partial charge in [0.05, 0.1) is 12.0 Å². The fraction of sp³-hybridized carbons (Fsp3) is 0.414. The van der Waals surface area contributed by atoms with Crippen LogP contribution in [-0.4, -0.2) is 41.0 Å². The summed E-state index contributed by atoms with van der Waals surface area (Å²) < 4.78 is 4.65. The minimum Gasteiger partial charge on any atom is -0.494 e. The fourth-order valence-corrected chi connectivity index (χ4v) is 4.99. The minimum atomic E-state index is -0.256. The van der Waals surface area contributed by atoms with Gasteiger partial charge in [0.2, 0.25) is 11.8 Å². The number of thiazole rings is 1. The molecule has 3 aromatic rings. The van der Waals surface area contributed by atoms with Gasteiger partial charge in [-0.3, -0.25) is 19.4 Å². The number of H-pyrrole nitrogens is 1. The Morgan fingerprint density at radius 3 is 2.24 bits per heavy atom. The van der Waals surface area contributed by atoms with E-state index in [1.54, 1.807) is 4.90 Å². The maximum atomic E-state index is 12.6. The fourth-order valence-electron chi connectivity index (χ4n) is 4.23. The van der Waals surface area contributed by atoms with Crippen molar-refractivity contribution in [1.82, 2.24) is 9.88 Å². The van der Waals surface area contributed by atoms with Crippen molar-refractivity contribution in [1.29, 1.82) is 0 Å². The Morgan fingerprint density at radius 1 is 0.919 bits per heavy atom. The average Bonchev–Trinajstić information content (AvgIpc) is 3.21. The molecule has 0 fully saturated rings. The second-order valence-electron chi connectivity index (χ2n) is 9.31. The molecule has 198 valence electrons. The van der Waals surface area contributed by atoms with Gasteiger partial charge >= 0.3 is 10.8 Å². The summed E-state index contributed by atoms with van der Waals surface area (Å²) in [6.07, 6.45) is 7.45. The van der Waals surface area contributed by atoms with Crippen LogP contribution in [0.5, 0.6) is 5.88 Å². The van der Waals surface area contributed by atoms with Crippen LogP contribution in [0.4, 0.5) is 0 Å². The lowest BCUT2D eigenvalue weighted by Gasteiger charge is -2.18. The molecule has 7 nitrogen and oxygen atoms in total. The van der Waals surface area contributed by atoms with Gasteiger partial charge in [-0.1, -0.05) is 79.5 Å². The first kappa shape index (κ1) is 28.2. The Bertz CT molecular complexity index is 1220. The summed E-state index contributed by atoms with van der Waals surface area (Å²) in [7, 11) is 3.26. The summed E-state index contributed by atoms with van der Waals surface area (Å²) in [6, 6.07) is 16.3. The lowest BCUT2D eigenvalue weighted by atomic mass is 10.0. The zero-order chi connectivity index (χ0) is 26.6. The Balaban J connectivity index is 1.43. The van der Waals surface area contributed by atoms with Gasteiger partial charge in [0.15, 0.2) is 0 Å². The molecule has 0 saturated heterocycles. The first-order chi connectivity index (χ1) is 17.9. The number of benzene rings is 2. The molecule has 2 N–H and O–H groups in total. The second kappa shape index (κ2) is 14.4. The van der Waals surface area contributed by atoms with Crippen molar-refractivity contribution in [3.63, 3.8) is 0 Å². The minimum absolute atomic E-state index is 0.0575. The number of hydrogen-bond donors (Lipinski definition) is 2. The van der Waals surface area contributed by atoms with Crippen LogP contribution in [0.3, 0.4) is 0 Å². The van der Waals surface area contributed by atoms with Crippen molar-refractivity contribution >= 4 is 23.2 Å². The third-order valence-corrected chi connectivity index (χ3v) is 7.25. The summed E-state index contributed by atoms with van der Waals surface area (Å²) in [5, 5.41) is 9.80. The molecule has 1 amide bonds. The predicted octanol–water partition coefficient (Wildman–Crippen LogP) is 5.65. The van der Waals surface area contributed by atoms with Crippen LogP contribution in [0.2, 0.25) is 0 Å². The summed E-state index contributed by atoms with van der Waals surface area (Å²) in [5.74, 6) is -0.0582. The van der Waals surface area contributed by atoms with E-state index in [-0.39, 0.29) is 22.6 Å². The monoisotopic (exact) mass is 524 g/mol. The van der Waals surface area contributed by atoms with Gasteiger partial charge in [0.25, 0.3) is 0 Å². The molecule has 0 radical (unpaired) electrons. The Kier molecular flexibility index (Phi) is 11.0. The lowest BCUT2D eigenvalue weighted by molar-refractivity contribution is -0.140. The van der Waals surface area contributed by atoms with Crippen LogP contribution in [0.15, 0.2) is 53.3 Å². The zero-order valence-corrected chi connectivity index (χ0v) is 22.4. The number of rotatable bonds is 14. The van der Waals surface area contributed by atoms with E-state index in [1.165, 1.54) is 7.11 Å². The quantitative estimate of drug-likeness (QED) is 0.210. The van der Waals surface area contributed by atoms with E-state index < -0.39 is 0 Å². The Hall–Kier alpha value is -3.39. The highest BCUT2D eigenvalue weighted by atomic mass is 32.1. The van der Waals surface area contributed by atoms with Gasteiger partial charge in [0.1, 0.15) is 0 Å². The van der Waals surface area contributed by atoms with Crippen LogP contribution in [0, 0.1) is 0 Å². The highest BCUT2D eigenvalue weighted by Crippen LogP contribution is 2.25. The third kappa shape index (κ3) is 9.21. The normalized spacial score (nSPS) is 10.9. The van der Waals surface area contributed by atoms with Gasteiger partial charge in [-0.05, 0) is 41.2 Å². The molecule has 0 unspecified atom stereocenters. The van der Waals surface area contributed by atoms with E-state index in [9.17, 15) is 19.5 Å². The van der Waals surface area contributed by atoms with Crippen LogP contribution in [0.1, 0.15) is 67.4 Å². The van der Waals surface area contributed by atoms with Crippen molar-refractivity contribution in [3.8, 4) is 17.0 Å². The van der Waals surface area contributed by atoms with E-state index >= 15 is 0 Å². The van der Waals surface area contributed by atoms with E-state index in [0.29, 0.717) is 30.7 Å². The molecule has 8 heteroatoms. The number of nitrogens with one attached hydrogen (secondary N) is 1. The summed E-state index contributed by atoms with van der Waals surface area (Å²) in [4.78, 5) is 39.7. The second-order valence-corrected chi connectivity index (χ2v) is 10.4. The van der Waals surface area contributed by atoms with E-state index in [0.717, 1.165) is 72.1 Å². The van der Waals surface area contributed by atoms with Crippen LogP contribution in [0.25, 0.3) is 11.1 Å². The number of methoxy groups -OCH3 is 1. The summed E-state index contributed by atoms with van der Waals surface area (Å²) in [6.45, 7) is 0.559. The van der Waals surface area contributed by atoms with Crippen LogP contribution in [-0.2, 0) is 27.3 Å². The standard InChI is InChI=1S/C29H36N2O5S/c1-31(26(32)12-7-5-3-4-6-8-13-27(33)36-2)20-22-10-9-11-24(18-22)23-16-14-21(15-17-23)19-25-28(34)30-29(35)37-25/h9-11,14-18,34H,3-8,12-13,19-20H2,1-2H3,(H,30,35). The topological polar surface area (TPSA) is 99.7 Å². The van der Waals surface area contributed by atoms with Crippen LogP contribution >= 0.6 is 11.3 Å². The molecule has 1 aromatic heterocycles. The van der Waals surface area contributed by atoms with Gasteiger partial charge in [-0.25, -0.2) is 0 Å². The highest BCUT2D eigenvalue weighted by Gasteiger charge is 2.11. The van der Waals surface area contributed by atoms with Gasteiger partial charge in [0, 0.05) is 32.9 Å². The van der Waals surface area contributed by atoms with Crippen molar-refractivity contribution in [2.45, 2.75) is 64.3 Å². The number of hydrogen-bond acceptors (Lipinski definition) is 6. The maximum absolute atomic E-state index is 12.6. The summed E-state index contributed by atoms with van der Waals surface area (Å²) >= 11 is 1.02. The molecule has 37 heavy (non-hydrogen) atoms.